The summed E-state index contributed by atoms with van der Waals surface area (Å²) in [5.74, 6) is 0.499. The average Bonchev–Trinajstić information content (AvgIpc) is 2.74. The third kappa shape index (κ3) is 3.42. The SMILES string of the molecule is CC1CCC(C(=O)NCC2CCCCC2N)O1. The van der Waals surface area contributed by atoms with Gasteiger partial charge >= 0.3 is 0 Å². The van der Waals surface area contributed by atoms with Crippen LogP contribution in [-0.2, 0) is 9.53 Å². The highest BCUT2D eigenvalue weighted by Crippen LogP contribution is 2.23. The molecular formula is C13H24N2O2. The van der Waals surface area contributed by atoms with Gasteiger partial charge in [0.2, 0.25) is 5.91 Å². The van der Waals surface area contributed by atoms with E-state index in [1.165, 1.54) is 12.8 Å². The molecule has 1 saturated carbocycles. The van der Waals surface area contributed by atoms with Gasteiger partial charge in [0.15, 0.2) is 0 Å². The first kappa shape index (κ1) is 12.8. The van der Waals surface area contributed by atoms with Crippen LogP contribution in [0.15, 0.2) is 0 Å². The van der Waals surface area contributed by atoms with Gasteiger partial charge in [-0.3, -0.25) is 4.79 Å². The molecule has 0 radical (unpaired) electrons. The molecule has 4 atom stereocenters. The van der Waals surface area contributed by atoms with E-state index in [9.17, 15) is 4.79 Å². The third-order valence-electron chi connectivity index (χ3n) is 4.03. The summed E-state index contributed by atoms with van der Waals surface area (Å²) in [5.41, 5.74) is 6.06. The molecule has 0 aromatic rings. The van der Waals surface area contributed by atoms with Crippen LogP contribution in [0.25, 0.3) is 0 Å². The molecule has 0 spiro atoms. The molecule has 2 rings (SSSR count). The van der Waals surface area contributed by atoms with Crippen LogP contribution in [0.2, 0.25) is 0 Å². The molecule has 17 heavy (non-hydrogen) atoms. The molecule has 4 heteroatoms. The Morgan fingerprint density at radius 1 is 1.29 bits per heavy atom. The maximum Gasteiger partial charge on any atom is 0.249 e. The number of hydrogen-bond acceptors (Lipinski definition) is 3. The van der Waals surface area contributed by atoms with Crippen molar-refractivity contribution >= 4 is 5.91 Å². The molecule has 4 unspecified atom stereocenters. The quantitative estimate of drug-likeness (QED) is 0.779. The Balaban J connectivity index is 1.72. The van der Waals surface area contributed by atoms with Crippen molar-refractivity contribution in [3.05, 3.63) is 0 Å². The van der Waals surface area contributed by atoms with E-state index in [2.05, 4.69) is 5.32 Å². The summed E-state index contributed by atoms with van der Waals surface area (Å²) in [6.07, 6.45) is 6.54. The van der Waals surface area contributed by atoms with Gasteiger partial charge in [-0.2, -0.15) is 0 Å². The van der Waals surface area contributed by atoms with Crippen molar-refractivity contribution in [2.75, 3.05) is 6.54 Å². The topological polar surface area (TPSA) is 64.4 Å². The Bertz CT molecular complexity index is 270. The first-order chi connectivity index (χ1) is 8.16. The number of nitrogens with one attached hydrogen (secondary N) is 1. The van der Waals surface area contributed by atoms with Gasteiger partial charge in [-0.25, -0.2) is 0 Å². The van der Waals surface area contributed by atoms with Crippen molar-refractivity contribution < 1.29 is 9.53 Å². The summed E-state index contributed by atoms with van der Waals surface area (Å²) in [6, 6.07) is 0.257. The van der Waals surface area contributed by atoms with Crippen LogP contribution in [0.4, 0.5) is 0 Å². The summed E-state index contributed by atoms with van der Waals surface area (Å²) in [6.45, 7) is 2.73. The summed E-state index contributed by atoms with van der Waals surface area (Å²) in [7, 11) is 0. The van der Waals surface area contributed by atoms with Gasteiger partial charge in [0.1, 0.15) is 6.10 Å². The van der Waals surface area contributed by atoms with Crippen molar-refractivity contribution in [2.45, 2.75) is 63.7 Å². The lowest BCUT2D eigenvalue weighted by Crippen LogP contribution is -2.43. The number of amides is 1. The zero-order valence-electron chi connectivity index (χ0n) is 10.7. The number of nitrogens with two attached hydrogens (primary N) is 1. The zero-order valence-corrected chi connectivity index (χ0v) is 10.7. The average molecular weight is 240 g/mol. The van der Waals surface area contributed by atoms with Crippen LogP contribution in [0.3, 0.4) is 0 Å². The zero-order chi connectivity index (χ0) is 12.3. The summed E-state index contributed by atoms with van der Waals surface area (Å²) in [4.78, 5) is 11.9. The van der Waals surface area contributed by atoms with Crippen LogP contribution < -0.4 is 11.1 Å². The van der Waals surface area contributed by atoms with Crippen LogP contribution in [-0.4, -0.2) is 30.7 Å². The highest BCUT2D eigenvalue weighted by molar-refractivity contribution is 5.81. The number of carbonyl (C=O) groups excluding carboxylic acids is 1. The molecule has 4 nitrogen and oxygen atoms in total. The molecule has 0 bridgehead atoms. The molecule has 3 N–H and O–H groups in total. The van der Waals surface area contributed by atoms with E-state index < -0.39 is 0 Å². The fourth-order valence-electron chi connectivity index (χ4n) is 2.83. The van der Waals surface area contributed by atoms with Crippen LogP contribution in [0.5, 0.6) is 0 Å². The smallest absolute Gasteiger partial charge is 0.249 e. The molecular weight excluding hydrogens is 216 g/mol. The molecule has 1 aliphatic heterocycles. The molecule has 2 aliphatic rings. The lowest BCUT2D eigenvalue weighted by Gasteiger charge is -2.28. The third-order valence-corrected chi connectivity index (χ3v) is 4.03. The highest BCUT2D eigenvalue weighted by Gasteiger charge is 2.29. The summed E-state index contributed by atoms with van der Waals surface area (Å²) < 4.78 is 5.55. The van der Waals surface area contributed by atoms with E-state index in [0.717, 1.165) is 25.7 Å². The predicted octanol–water partition coefficient (Wildman–Crippen LogP) is 1.19. The van der Waals surface area contributed by atoms with Crippen LogP contribution >= 0.6 is 0 Å². The van der Waals surface area contributed by atoms with E-state index in [1.54, 1.807) is 0 Å². The Labute approximate surface area is 103 Å². The molecule has 0 aromatic carbocycles. The Morgan fingerprint density at radius 3 is 2.71 bits per heavy atom. The number of rotatable bonds is 3. The van der Waals surface area contributed by atoms with Gasteiger partial charge in [-0.15, -0.1) is 0 Å². The van der Waals surface area contributed by atoms with E-state index in [-0.39, 0.29) is 24.2 Å². The van der Waals surface area contributed by atoms with E-state index in [4.69, 9.17) is 10.5 Å². The van der Waals surface area contributed by atoms with Gasteiger partial charge < -0.3 is 15.8 Å². The minimum Gasteiger partial charge on any atom is -0.365 e. The largest absolute Gasteiger partial charge is 0.365 e. The van der Waals surface area contributed by atoms with Gasteiger partial charge in [0, 0.05) is 12.6 Å². The normalized spacial score (nSPS) is 38.0. The monoisotopic (exact) mass is 240 g/mol. The first-order valence-corrected chi connectivity index (χ1v) is 6.85. The molecule has 98 valence electrons. The fourth-order valence-corrected chi connectivity index (χ4v) is 2.83. The maximum absolute atomic E-state index is 11.9. The molecule has 2 fully saturated rings. The van der Waals surface area contributed by atoms with Crippen molar-refractivity contribution in [2.24, 2.45) is 11.7 Å². The van der Waals surface area contributed by atoms with Crippen LogP contribution in [0.1, 0.15) is 45.4 Å². The van der Waals surface area contributed by atoms with E-state index in [0.29, 0.717) is 12.5 Å². The van der Waals surface area contributed by atoms with Gasteiger partial charge in [0.05, 0.1) is 6.10 Å². The lowest BCUT2D eigenvalue weighted by atomic mass is 9.85. The summed E-state index contributed by atoms with van der Waals surface area (Å²) >= 11 is 0. The van der Waals surface area contributed by atoms with E-state index in [1.807, 2.05) is 6.92 Å². The lowest BCUT2D eigenvalue weighted by molar-refractivity contribution is -0.131. The Kier molecular flexibility index (Phi) is 4.40. The molecule has 1 aliphatic carbocycles. The van der Waals surface area contributed by atoms with Crippen molar-refractivity contribution in [1.29, 1.82) is 0 Å². The molecule has 0 aromatic heterocycles. The first-order valence-electron chi connectivity index (χ1n) is 6.85. The van der Waals surface area contributed by atoms with Crippen molar-refractivity contribution in [3.8, 4) is 0 Å². The second kappa shape index (κ2) is 5.83. The maximum atomic E-state index is 11.9. The molecule has 1 amide bonds. The molecule has 1 saturated heterocycles. The van der Waals surface area contributed by atoms with Gasteiger partial charge in [-0.1, -0.05) is 12.8 Å². The molecule has 1 heterocycles. The fraction of sp³-hybridized carbons (Fsp3) is 0.923. The minimum absolute atomic E-state index is 0.0483. The Hall–Kier alpha value is -0.610. The van der Waals surface area contributed by atoms with E-state index >= 15 is 0 Å². The van der Waals surface area contributed by atoms with Crippen molar-refractivity contribution in [1.82, 2.24) is 5.32 Å². The standard InChI is InChI=1S/C13H24N2O2/c1-9-6-7-12(17-9)13(16)15-8-10-4-2-3-5-11(10)14/h9-12H,2-8,14H2,1H3,(H,15,16). The van der Waals surface area contributed by atoms with Crippen LogP contribution in [0, 0.1) is 5.92 Å². The number of ether oxygens (including phenoxy) is 1. The number of carbonyl (C=O) groups is 1. The van der Waals surface area contributed by atoms with Gasteiger partial charge in [0.25, 0.3) is 0 Å². The Morgan fingerprint density at radius 2 is 2.06 bits per heavy atom. The number of hydrogen-bond donors (Lipinski definition) is 2. The van der Waals surface area contributed by atoms with Crippen molar-refractivity contribution in [3.63, 3.8) is 0 Å². The second-order valence-corrected chi connectivity index (χ2v) is 5.47. The predicted molar refractivity (Wildman–Crippen MR) is 66.5 cm³/mol. The minimum atomic E-state index is -0.232. The van der Waals surface area contributed by atoms with Gasteiger partial charge in [-0.05, 0) is 38.5 Å². The summed E-state index contributed by atoms with van der Waals surface area (Å²) in [5, 5.41) is 3.00. The second-order valence-electron chi connectivity index (χ2n) is 5.47. The highest BCUT2D eigenvalue weighted by atomic mass is 16.5.